The van der Waals surface area contributed by atoms with Crippen molar-refractivity contribution in [1.82, 2.24) is 0 Å². The fraction of sp³-hybridized carbons (Fsp3) is 0.364. The molecule has 5 heteroatoms. The summed E-state index contributed by atoms with van der Waals surface area (Å²) in [7, 11) is 1.56. The molecular formula is C11H14BrFN2O. The largest absolute Gasteiger partial charge is 0.330 e. The Morgan fingerprint density at radius 2 is 2.25 bits per heavy atom. The van der Waals surface area contributed by atoms with Crippen LogP contribution in [0.15, 0.2) is 22.7 Å². The van der Waals surface area contributed by atoms with Crippen LogP contribution in [-0.2, 0) is 4.79 Å². The zero-order valence-electron chi connectivity index (χ0n) is 9.04. The van der Waals surface area contributed by atoms with E-state index in [9.17, 15) is 9.18 Å². The van der Waals surface area contributed by atoms with Crippen molar-refractivity contribution in [3.05, 3.63) is 28.5 Å². The first-order chi connectivity index (χ1) is 7.56. The van der Waals surface area contributed by atoms with Crippen LogP contribution >= 0.6 is 15.9 Å². The van der Waals surface area contributed by atoms with E-state index in [0.717, 1.165) is 4.47 Å². The normalized spacial score (nSPS) is 10.2. The topological polar surface area (TPSA) is 46.3 Å². The Hall–Kier alpha value is -0.940. The molecule has 0 unspecified atom stereocenters. The van der Waals surface area contributed by atoms with Crippen LogP contribution in [0, 0.1) is 5.82 Å². The summed E-state index contributed by atoms with van der Waals surface area (Å²) in [6, 6.07) is 4.50. The summed E-state index contributed by atoms with van der Waals surface area (Å²) in [6.07, 6.45) is 0.942. The highest BCUT2D eigenvalue weighted by atomic mass is 79.9. The molecule has 0 aliphatic rings. The number of anilines is 1. The third-order valence-electron chi connectivity index (χ3n) is 2.24. The maximum atomic E-state index is 13.5. The van der Waals surface area contributed by atoms with Gasteiger partial charge in [0.1, 0.15) is 5.82 Å². The van der Waals surface area contributed by atoms with Gasteiger partial charge in [-0.25, -0.2) is 4.39 Å². The number of halogens is 2. The molecule has 0 heterocycles. The Morgan fingerprint density at radius 3 is 2.88 bits per heavy atom. The van der Waals surface area contributed by atoms with Crippen LogP contribution in [0.25, 0.3) is 0 Å². The zero-order valence-corrected chi connectivity index (χ0v) is 10.6. The van der Waals surface area contributed by atoms with Crippen LogP contribution in [0.4, 0.5) is 10.1 Å². The van der Waals surface area contributed by atoms with Gasteiger partial charge < -0.3 is 10.6 Å². The minimum Gasteiger partial charge on any atom is -0.330 e. The van der Waals surface area contributed by atoms with Crippen LogP contribution < -0.4 is 10.6 Å². The van der Waals surface area contributed by atoms with E-state index in [4.69, 9.17) is 5.73 Å². The second-order valence-corrected chi connectivity index (χ2v) is 4.36. The third-order valence-corrected chi connectivity index (χ3v) is 2.73. The van der Waals surface area contributed by atoms with Gasteiger partial charge in [0.05, 0.1) is 5.69 Å². The summed E-state index contributed by atoms with van der Waals surface area (Å²) in [4.78, 5) is 13.0. The number of hydrogen-bond donors (Lipinski definition) is 1. The van der Waals surface area contributed by atoms with E-state index in [1.165, 1.54) is 11.0 Å². The van der Waals surface area contributed by atoms with E-state index >= 15 is 0 Å². The monoisotopic (exact) mass is 288 g/mol. The number of nitrogens with zero attached hydrogens (tertiary/aromatic N) is 1. The van der Waals surface area contributed by atoms with Crippen LogP contribution in [0.5, 0.6) is 0 Å². The Balaban J connectivity index is 2.82. The smallest absolute Gasteiger partial charge is 0.226 e. The molecule has 2 N–H and O–H groups in total. The van der Waals surface area contributed by atoms with Crippen molar-refractivity contribution in [1.29, 1.82) is 0 Å². The molecule has 0 bridgehead atoms. The van der Waals surface area contributed by atoms with Crippen molar-refractivity contribution < 1.29 is 9.18 Å². The molecule has 88 valence electrons. The number of carbonyl (C=O) groups is 1. The highest BCUT2D eigenvalue weighted by Crippen LogP contribution is 2.23. The molecular weight excluding hydrogens is 275 g/mol. The van der Waals surface area contributed by atoms with E-state index in [-0.39, 0.29) is 11.6 Å². The van der Waals surface area contributed by atoms with Crippen molar-refractivity contribution in [2.75, 3.05) is 18.5 Å². The van der Waals surface area contributed by atoms with Gasteiger partial charge in [0.15, 0.2) is 0 Å². The van der Waals surface area contributed by atoms with Crippen molar-refractivity contribution in [2.24, 2.45) is 5.73 Å². The van der Waals surface area contributed by atoms with Crippen molar-refractivity contribution in [2.45, 2.75) is 12.8 Å². The van der Waals surface area contributed by atoms with E-state index in [1.807, 2.05) is 0 Å². The first kappa shape index (κ1) is 13.1. The Kier molecular flexibility index (Phi) is 4.89. The summed E-state index contributed by atoms with van der Waals surface area (Å²) in [5.74, 6) is -0.547. The molecule has 1 aromatic carbocycles. The molecule has 0 atom stereocenters. The average molecular weight is 289 g/mol. The number of rotatable bonds is 4. The molecule has 1 rings (SSSR count). The Labute approximate surface area is 103 Å². The van der Waals surface area contributed by atoms with Gasteiger partial charge in [-0.3, -0.25) is 4.79 Å². The minimum absolute atomic E-state index is 0.137. The number of carbonyl (C=O) groups excluding carboxylic acids is 1. The summed E-state index contributed by atoms with van der Waals surface area (Å²) in [5, 5.41) is 0. The molecule has 3 nitrogen and oxygen atoms in total. The highest BCUT2D eigenvalue weighted by Gasteiger charge is 2.14. The summed E-state index contributed by atoms with van der Waals surface area (Å²) >= 11 is 3.24. The number of hydrogen-bond acceptors (Lipinski definition) is 2. The van der Waals surface area contributed by atoms with Gasteiger partial charge in [-0.05, 0) is 31.2 Å². The van der Waals surface area contributed by atoms with Gasteiger partial charge in [0.2, 0.25) is 5.91 Å². The van der Waals surface area contributed by atoms with Crippen LogP contribution in [0.3, 0.4) is 0 Å². The average Bonchev–Trinajstić information content (AvgIpc) is 2.28. The van der Waals surface area contributed by atoms with E-state index in [1.54, 1.807) is 19.2 Å². The predicted octanol–water partition coefficient (Wildman–Crippen LogP) is 2.29. The van der Waals surface area contributed by atoms with Gasteiger partial charge in [-0.2, -0.15) is 0 Å². The molecule has 0 spiro atoms. The lowest BCUT2D eigenvalue weighted by Crippen LogP contribution is -2.27. The predicted molar refractivity (Wildman–Crippen MR) is 65.8 cm³/mol. The maximum Gasteiger partial charge on any atom is 0.226 e. The fourth-order valence-corrected chi connectivity index (χ4v) is 1.65. The van der Waals surface area contributed by atoms with E-state index in [0.29, 0.717) is 19.4 Å². The van der Waals surface area contributed by atoms with E-state index in [2.05, 4.69) is 15.9 Å². The van der Waals surface area contributed by atoms with Crippen molar-refractivity contribution >= 4 is 27.5 Å². The number of benzene rings is 1. The second-order valence-electron chi connectivity index (χ2n) is 3.44. The molecule has 0 aromatic heterocycles. The highest BCUT2D eigenvalue weighted by molar-refractivity contribution is 9.10. The molecule has 0 saturated heterocycles. The molecule has 0 fully saturated rings. The Bertz CT molecular complexity index is 384. The van der Waals surface area contributed by atoms with Crippen LogP contribution in [-0.4, -0.2) is 19.5 Å². The maximum absolute atomic E-state index is 13.5. The lowest BCUT2D eigenvalue weighted by molar-refractivity contribution is -0.118. The van der Waals surface area contributed by atoms with Crippen LogP contribution in [0.1, 0.15) is 12.8 Å². The summed E-state index contributed by atoms with van der Waals surface area (Å²) < 4.78 is 14.2. The lowest BCUT2D eigenvalue weighted by atomic mass is 10.2. The van der Waals surface area contributed by atoms with Crippen molar-refractivity contribution in [3.8, 4) is 0 Å². The summed E-state index contributed by atoms with van der Waals surface area (Å²) in [6.45, 7) is 0.459. The number of amides is 1. The van der Waals surface area contributed by atoms with Gasteiger partial charge in [0.25, 0.3) is 0 Å². The SMILES string of the molecule is CN(C(=O)CCCN)c1cc(Br)ccc1F. The molecule has 16 heavy (non-hydrogen) atoms. The van der Waals surface area contributed by atoms with Crippen molar-refractivity contribution in [3.63, 3.8) is 0 Å². The first-order valence-corrected chi connectivity index (χ1v) is 5.77. The molecule has 0 saturated carbocycles. The second kappa shape index (κ2) is 5.96. The fourth-order valence-electron chi connectivity index (χ4n) is 1.30. The first-order valence-electron chi connectivity index (χ1n) is 4.98. The standard InChI is InChI=1S/C11H14BrFN2O/c1-15(11(16)3-2-6-14)10-7-8(12)4-5-9(10)13/h4-5,7H,2-3,6,14H2,1H3. The molecule has 0 aliphatic heterocycles. The van der Waals surface area contributed by atoms with E-state index < -0.39 is 5.82 Å². The zero-order chi connectivity index (χ0) is 12.1. The molecule has 0 radical (unpaired) electrons. The quantitative estimate of drug-likeness (QED) is 0.924. The van der Waals surface area contributed by atoms with Gasteiger partial charge in [-0.1, -0.05) is 15.9 Å². The van der Waals surface area contributed by atoms with Crippen LogP contribution in [0.2, 0.25) is 0 Å². The lowest BCUT2D eigenvalue weighted by Gasteiger charge is -2.18. The Morgan fingerprint density at radius 1 is 1.56 bits per heavy atom. The van der Waals surface area contributed by atoms with Gasteiger partial charge in [0, 0.05) is 17.9 Å². The minimum atomic E-state index is -0.410. The number of nitrogens with two attached hydrogens (primary N) is 1. The summed E-state index contributed by atoms with van der Waals surface area (Å²) in [5.41, 5.74) is 5.59. The third kappa shape index (κ3) is 3.28. The van der Waals surface area contributed by atoms with Gasteiger partial charge in [-0.15, -0.1) is 0 Å². The molecule has 1 amide bonds. The molecule has 1 aromatic rings. The van der Waals surface area contributed by atoms with Gasteiger partial charge >= 0.3 is 0 Å². The molecule has 0 aliphatic carbocycles.